The van der Waals surface area contributed by atoms with Crippen molar-refractivity contribution in [2.24, 2.45) is 17.3 Å². The molecule has 4 rings (SSSR count). The fourth-order valence-corrected chi connectivity index (χ4v) is 8.86. The minimum Gasteiger partial charge on any atom is -0.342 e. The van der Waals surface area contributed by atoms with Crippen molar-refractivity contribution < 1.29 is 13.2 Å². The highest BCUT2D eigenvalue weighted by molar-refractivity contribution is 7.99. The van der Waals surface area contributed by atoms with Crippen LogP contribution in [0.1, 0.15) is 19.8 Å². The van der Waals surface area contributed by atoms with Gasteiger partial charge in [0, 0.05) is 37.8 Å². The van der Waals surface area contributed by atoms with E-state index in [1.165, 1.54) is 16.4 Å². The Kier molecular flexibility index (Phi) is 5.68. The molecule has 0 N–H and O–H groups in total. The van der Waals surface area contributed by atoms with Crippen molar-refractivity contribution in [3.63, 3.8) is 0 Å². The molecule has 1 amide bonds. The number of fused-ring (bicyclic) bond motifs is 1. The highest BCUT2D eigenvalue weighted by Crippen LogP contribution is 2.46. The molecule has 9 heteroatoms. The van der Waals surface area contributed by atoms with Crippen LogP contribution in [0.5, 0.6) is 0 Å². The van der Waals surface area contributed by atoms with Gasteiger partial charge in [-0.3, -0.25) is 4.79 Å². The zero-order valence-electron chi connectivity index (χ0n) is 15.7. The molecule has 154 valence electrons. The summed E-state index contributed by atoms with van der Waals surface area (Å²) in [4.78, 5) is 15.0. The average Bonchev–Trinajstić information content (AvgIpc) is 3.15. The molecule has 0 bridgehead atoms. The van der Waals surface area contributed by atoms with Crippen molar-refractivity contribution in [2.75, 3.05) is 37.7 Å². The van der Waals surface area contributed by atoms with E-state index in [9.17, 15) is 13.2 Å². The van der Waals surface area contributed by atoms with E-state index >= 15 is 0 Å². The number of hydrogen-bond acceptors (Lipinski definition) is 4. The van der Waals surface area contributed by atoms with E-state index < -0.39 is 10.0 Å². The number of halogens is 2. The maximum Gasteiger partial charge on any atom is 0.246 e. The molecule has 3 saturated heterocycles. The lowest BCUT2D eigenvalue weighted by Gasteiger charge is -2.33. The molecule has 3 heterocycles. The van der Waals surface area contributed by atoms with Gasteiger partial charge in [0.2, 0.25) is 15.9 Å². The van der Waals surface area contributed by atoms with Crippen molar-refractivity contribution >= 4 is 50.9 Å². The van der Waals surface area contributed by atoms with Gasteiger partial charge in [0.1, 0.15) is 4.90 Å². The highest BCUT2D eigenvalue weighted by atomic mass is 35.5. The quantitative estimate of drug-likeness (QED) is 0.688. The van der Waals surface area contributed by atoms with Gasteiger partial charge in [0.05, 0.1) is 10.0 Å². The van der Waals surface area contributed by atoms with Gasteiger partial charge < -0.3 is 4.90 Å². The van der Waals surface area contributed by atoms with Crippen LogP contribution in [0, 0.1) is 17.3 Å². The van der Waals surface area contributed by atoms with Gasteiger partial charge in [-0.15, -0.1) is 0 Å². The van der Waals surface area contributed by atoms with Gasteiger partial charge >= 0.3 is 0 Å². The number of sulfonamides is 1. The first kappa shape index (κ1) is 20.8. The summed E-state index contributed by atoms with van der Waals surface area (Å²) in [6.07, 6.45) is 1.07. The van der Waals surface area contributed by atoms with Crippen LogP contribution in [0.2, 0.25) is 10.0 Å². The summed E-state index contributed by atoms with van der Waals surface area (Å²) in [5, 5.41) is 0.251. The van der Waals surface area contributed by atoms with Crippen LogP contribution in [0.3, 0.4) is 0 Å². The predicted octanol–water partition coefficient (Wildman–Crippen LogP) is 3.61. The minimum absolute atomic E-state index is 0.0408. The number of carbonyl (C=O) groups is 1. The summed E-state index contributed by atoms with van der Waals surface area (Å²) >= 11 is 14.2. The van der Waals surface area contributed by atoms with Crippen LogP contribution < -0.4 is 0 Å². The number of hydrogen-bond donors (Lipinski definition) is 0. The normalized spacial score (nSPS) is 29.2. The number of rotatable bonds is 3. The summed E-state index contributed by atoms with van der Waals surface area (Å²) in [6, 6.07) is 4.68. The van der Waals surface area contributed by atoms with E-state index in [-0.39, 0.29) is 32.2 Å². The Balaban J connectivity index is 1.42. The Hall–Kier alpha value is -0.470. The second kappa shape index (κ2) is 7.65. The molecule has 0 spiro atoms. The zero-order chi connectivity index (χ0) is 20.1. The molecule has 1 aromatic rings. The van der Waals surface area contributed by atoms with Crippen LogP contribution in [0.25, 0.3) is 0 Å². The molecule has 0 unspecified atom stereocenters. The predicted molar refractivity (Wildman–Crippen MR) is 113 cm³/mol. The molecule has 28 heavy (non-hydrogen) atoms. The van der Waals surface area contributed by atoms with Crippen LogP contribution in [0.4, 0.5) is 0 Å². The van der Waals surface area contributed by atoms with Crippen molar-refractivity contribution in [2.45, 2.75) is 24.7 Å². The monoisotopic (exact) mass is 462 g/mol. The molecule has 0 saturated carbocycles. The van der Waals surface area contributed by atoms with Gasteiger partial charge in [0.25, 0.3) is 0 Å². The minimum atomic E-state index is -3.77. The van der Waals surface area contributed by atoms with E-state index in [1.807, 2.05) is 16.7 Å². The van der Waals surface area contributed by atoms with E-state index in [4.69, 9.17) is 23.2 Å². The molecular weight excluding hydrogens is 439 g/mol. The van der Waals surface area contributed by atoms with E-state index in [0.717, 1.165) is 24.6 Å². The third kappa shape index (κ3) is 3.58. The van der Waals surface area contributed by atoms with E-state index in [0.29, 0.717) is 31.8 Å². The first-order valence-corrected chi connectivity index (χ1v) is 12.9. The first-order valence-electron chi connectivity index (χ1n) is 9.53. The number of nitrogens with zero attached hydrogens (tertiary/aromatic N) is 2. The average molecular weight is 463 g/mol. The Morgan fingerprint density at radius 1 is 1.21 bits per heavy atom. The molecule has 0 radical (unpaired) electrons. The van der Waals surface area contributed by atoms with Crippen molar-refractivity contribution in [1.29, 1.82) is 0 Å². The number of carbonyl (C=O) groups excluding carboxylic acids is 1. The SMILES string of the molecule is C[C@]12CSC[C@H]1CN(C(=O)C1CCN(S(=O)(=O)c3c(Cl)cccc3Cl)CC1)C2. The summed E-state index contributed by atoms with van der Waals surface area (Å²) in [5.74, 6) is 2.92. The summed E-state index contributed by atoms with van der Waals surface area (Å²) in [6.45, 7) is 4.58. The molecule has 2 atom stereocenters. The van der Waals surface area contributed by atoms with Crippen molar-refractivity contribution in [3.05, 3.63) is 28.2 Å². The largest absolute Gasteiger partial charge is 0.342 e. The maximum atomic E-state index is 13.0. The van der Waals surface area contributed by atoms with Crippen molar-refractivity contribution in [3.8, 4) is 0 Å². The molecule has 3 fully saturated rings. The molecule has 0 aliphatic carbocycles. The van der Waals surface area contributed by atoms with Gasteiger partial charge in [-0.1, -0.05) is 36.2 Å². The number of likely N-dealkylation sites (tertiary alicyclic amines) is 1. The Bertz CT molecular complexity index is 867. The number of thioether (sulfide) groups is 1. The van der Waals surface area contributed by atoms with Crippen LogP contribution >= 0.6 is 35.0 Å². The Morgan fingerprint density at radius 3 is 2.46 bits per heavy atom. The molecule has 5 nitrogen and oxygen atoms in total. The van der Waals surface area contributed by atoms with E-state index in [2.05, 4.69) is 6.92 Å². The number of amides is 1. The Morgan fingerprint density at radius 2 is 1.86 bits per heavy atom. The maximum absolute atomic E-state index is 13.0. The highest BCUT2D eigenvalue weighted by Gasteiger charge is 2.49. The van der Waals surface area contributed by atoms with E-state index in [1.54, 1.807) is 6.07 Å². The number of benzene rings is 1. The molecule has 3 aliphatic rings. The zero-order valence-corrected chi connectivity index (χ0v) is 18.9. The molecular formula is C19H24Cl2N2O3S2. The second-order valence-electron chi connectivity index (χ2n) is 8.31. The summed E-state index contributed by atoms with van der Waals surface area (Å²) in [5.41, 5.74) is 0.241. The molecule has 3 aliphatic heterocycles. The van der Waals surface area contributed by atoms with Crippen molar-refractivity contribution in [1.82, 2.24) is 9.21 Å². The van der Waals surface area contributed by atoms with Gasteiger partial charge in [0.15, 0.2) is 0 Å². The third-order valence-corrected chi connectivity index (χ3v) is 10.7. The fraction of sp³-hybridized carbons (Fsp3) is 0.632. The molecule has 0 aromatic heterocycles. The van der Waals surface area contributed by atoms with Crippen LogP contribution in [0.15, 0.2) is 23.1 Å². The third-order valence-electron chi connectivity index (χ3n) is 6.36. The van der Waals surface area contributed by atoms with Crippen LogP contribution in [-0.2, 0) is 14.8 Å². The Labute approximate surface area is 180 Å². The second-order valence-corrected chi connectivity index (χ2v) is 12.0. The molecule has 1 aromatic carbocycles. The van der Waals surface area contributed by atoms with Gasteiger partial charge in [-0.05, 0) is 42.1 Å². The lowest BCUT2D eigenvalue weighted by atomic mass is 9.84. The van der Waals surface area contributed by atoms with Crippen LogP contribution in [-0.4, -0.2) is 61.2 Å². The summed E-state index contributed by atoms with van der Waals surface area (Å²) in [7, 11) is -3.77. The lowest BCUT2D eigenvalue weighted by Crippen LogP contribution is -2.44. The smallest absolute Gasteiger partial charge is 0.246 e. The summed E-state index contributed by atoms with van der Waals surface area (Å²) < 4.78 is 27.4. The van der Waals surface area contributed by atoms with Gasteiger partial charge in [-0.25, -0.2) is 8.42 Å². The fourth-order valence-electron chi connectivity index (χ4n) is 4.60. The standard InChI is InChI=1S/C19H24Cl2N2O3S2/c1-19-11-22(9-14(19)10-27-12-19)18(24)13-5-7-23(8-6-13)28(25,26)17-15(20)3-2-4-16(17)21/h2-4,13-14H,5-12H2,1H3/t14-,19+/m1/s1. The topological polar surface area (TPSA) is 57.7 Å². The lowest BCUT2D eigenvalue weighted by molar-refractivity contribution is -0.136. The van der Waals surface area contributed by atoms with Gasteiger partial charge in [-0.2, -0.15) is 16.1 Å². The number of piperidine rings is 1. The first-order chi connectivity index (χ1) is 13.2.